The van der Waals surface area contributed by atoms with Gasteiger partial charge in [0, 0.05) is 17.8 Å². The van der Waals surface area contributed by atoms with Gasteiger partial charge in [0.1, 0.15) is 23.1 Å². The number of aromatic nitrogens is 3. The molecule has 0 spiro atoms. The summed E-state index contributed by atoms with van der Waals surface area (Å²) in [5, 5.41) is 6.58. The SMILES string of the molecule is Cc1ccccc1NC(=O)c1cc(F)c(-n2nc(C)n(C(C)C)c2=O)cc1O[C@@H](C)C(F)(F)F. The molecule has 3 rings (SSSR count). The number of ether oxygens (including phenoxy) is 1. The van der Waals surface area contributed by atoms with Crippen LogP contribution >= 0.6 is 0 Å². The van der Waals surface area contributed by atoms with E-state index >= 15 is 4.39 Å². The van der Waals surface area contributed by atoms with Crippen molar-refractivity contribution in [3.63, 3.8) is 0 Å². The lowest BCUT2D eigenvalue weighted by Gasteiger charge is -2.20. The van der Waals surface area contributed by atoms with E-state index < -0.39 is 46.7 Å². The number of nitrogens with zero attached hydrogens (tertiary/aromatic N) is 3. The van der Waals surface area contributed by atoms with Crippen molar-refractivity contribution in [2.45, 2.75) is 52.9 Å². The van der Waals surface area contributed by atoms with Crippen molar-refractivity contribution < 1.29 is 27.1 Å². The molecule has 0 saturated heterocycles. The van der Waals surface area contributed by atoms with Crippen LogP contribution in [0.2, 0.25) is 0 Å². The number of halogens is 4. The predicted octanol–water partition coefficient (Wildman–Crippen LogP) is 4.95. The molecule has 11 heteroatoms. The molecule has 1 amide bonds. The van der Waals surface area contributed by atoms with E-state index in [0.29, 0.717) is 11.3 Å². The lowest BCUT2D eigenvalue weighted by Crippen LogP contribution is -2.32. The van der Waals surface area contributed by atoms with Gasteiger partial charge in [-0.15, -0.1) is 0 Å². The van der Waals surface area contributed by atoms with Crippen LogP contribution in [0.25, 0.3) is 5.69 Å². The largest absolute Gasteiger partial charge is 0.480 e. The van der Waals surface area contributed by atoms with E-state index in [9.17, 15) is 22.8 Å². The Morgan fingerprint density at radius 1 is 1.12 bits per heavy atom. The molecule has 3 aromatic rings. The van der Waals surface area contributed by atoms with Gasteiger partial charge >= 0.3 is 11.9 Å². The van der Waals surface area contributed by atoms with Crippen molar-refractivity contribution in [3.8, 4) is 11.4 Å². The van der Waals surface area contributed by atoms with Gasteiger partial charge in [0.05, 0.1) is 5.56 Å². The minimum atomic E-state index is -4.75. The molecular weight excluding hydrogens is 456 g/mol. The van der Waals surface area contributed by atoms with E-state index in [-0.39, 0.29) is 11.9 Å². The van der Waals surface area contributed by atoms with Gasteiger partial charge in [0.25, 0.3) is 5.91 Å². The zero-order valence-corrected chi connectivity index (χ0v) is 19.2. The molecule has 1 aromatic heterocycles. The van der Waals surface area contributed by atoms with E-state index in [1.165, 1.54) is 4.57 Å². The second kappa shape index (κ2) is 9.32. The van der Waals surface area contributed by atoms with Crippen LogP contribution in [0.4, 0.5) is 23.2 Å². The summed E-state index contributed by atoms with van der Waals surface area (Å²) in [4.78, 5) is 25.7. The number of hydrogen-bond acceptors (Lipinski definition) is 4. The number of carbonyl (C=O) groups excluding carboxylic acids is 1. The summed E-state index contributed by atoms with van der Waals surface area (Å²) in [6.07, 6.45) is -7.05. The number of alkyl halides is 3. The Kier molecular flexibility index (Phi) is 6.85. The first-order chi connectivity index (χ1) is 15.8. The Labute approximate surface area is 193 Å². The van der Waals surface area contributed by atoms with E-state index in [1.807, 2.05) is 0 Å². The minimum absolute atomic E-state index is 0.284. The first-order valence-corrected chi connectivity index (χ1v) is 10.4. The number of rotatable bonds is 6. The molecule has 34 heavy (non-hydrogen) atoms. The fourth-order valence-electron chi connectivity index (χ4n) is 3.37. The first kappa shape index (κ1) is 25.0. The number of anilines is 1. The molecule has 0 aliphatic heterocycles. The molecule has 0 radical (unpaired) electrons. The van der Waals surface area contributed by atoms with Crippen LogP contribution in [0, 0.1) is 19.7 Å². The zero-order valence-electron chi connectivity index (χ0n) is 19.2. The van der Waals surface area contributed by atoms with Crippen LogP contribution in [0.1, 0.15) is 48.6 Å². The van der Waals surface area contributed by atoms with E-state index in [2.05, 4.69) is 10.4 Å². The number of para-hydroxylation sites is 1. The van der Waals surface area contributed by atoms with Crippen LogP contribution in [0.5, 0.6) is 5.75 Å². The van der Waals surface area contributed by atoms with Crippen molar-refractivity contribution in [2.75, 3.05) is 5.32 Å². The number of amides is 1. The molecule has 2 aromatic carbocycles. The molecule has 0 fully saturated rings. The molecule has 0 saturated carbocycles. The van der Waals surface area contributed by atoms with Crippen LogP contribution in [0.15, 0.2) is 41.2 Å². The maximum absolute atomic E-state index is 15.1. The van der Waals surface area contributed by atoms with Gasteiger partial charge in [-0.25, -0.2) is 9.18 Å². The predicted molar refractivity (Wildman–Crippen MR) is 118 cm³/mol. The van der Waals surface area contributed by atoms with Crippen molar-refractivity contribution in [1.82, 2.24) is 14.3 Å². The number of aryl methyl sites for hydroxylation is 2. The molecule has 7 nitrogen and oxygen atoms in total. The molecule has 182 valence electrons. The van der Waals surface area contributed by atoms with Gasteiger partial charge in [-0.2, -0.15) is 23.0 Å². The summed E-state index contributed by atoms with van der Waals surface area (Å²) < 4.78 is 61.8. The summed E-state index contributed by atoms with van der Waals surface area (Å²) in [5.74, 6) is -2.17. The summed E-state index contributed by atoms with van der Waals surface area (Å²) in [7, 11) is 0. The fourth-order valence-corrected chi connectivity index (χ4v) is 3.37. The number of nitrogens with one attached hydrogen (secondary N) is 1. The van der Waals surface area contributed by atoms with Crippen LogP contribution in [0.3, 0.4) is 0 Å². The number of hydrogen-bond donors (Lipinski definition) is 1. The van der Waals surface area contributed by atoms with Crippen LogP contribution in [-0.2, 0) is 0 Å². The molecule has 1 N–H and O–H groups in total. The molecule has 1 heterocycles. The monoisotopic (exact) mass is 480 g/mol. The highest BCUT2D eigenvalue weighted by Crippen LogP contribution is 2.31. The maximum atomic E-state index is 15.1. The van der Waals surface area contributed by atoms with Gasteiger partial charge < -0.3 is 10.1 Å². The highest BCUT2D eigenvalue weighted by atomic mass is 19.4. The molecular formula is C23H24F4N4O3. The van der Waals surface area contributed by atoms with E-state index in [1.54, 1.807) is 52.0 Å². The fraction of sp³-hybridized carbons (Fsp3) is 0.348. The molecule has 0 aliphatic carbocycles. The Morgan fingerprint density at radius 3 is 2.32 bits per heavy atom. The Balaban J connectivity index is 2.14. The Hall–Kier alpha value is -3.63. The first-order valence-electron chi connectivity index (χ1n) is 10.4. The second-order valence-electron chi connectivity index (χ2n) is 8.08. The summed E-state index contributed by atoms with van der Waals surface area (Å²) >= 11 is 0. The third-order valence-corrected chi connectivity index (χ3v) is 5.18. The smallest absolute Gasteiger partial charge is 0.425 e. The maximum Gasteiger partial charge on any atom is 0.425 e. The molecule has 0 bridgehead atoms. The van der Waals surface area contributed by atoms with Crippen molar-refractivity contribution in [3.05, 3.63) is 69.7 Å². The normalized spacial score (nSPS) is 12.6. The lowest BCUT2D eigenvalue weighted by molar-refractivity contribution is -0.189. The summed E-state index contributed by atoms with van der Waals surface area (Å²) in [5.41, 5.74) is -0.494. The van der Waals surface area contributed by atoms with Crippen molar-refractivity contribution >= 4 is 11.6 Å². The highest BCUT2D eigenvalue weighted by molar-refractivity contribution is 6.06. The second-order valence-corrected chi connectivity index (χ2v) is 8.08. The summed E-state index contributed by atoms with van der Waals surface area (Å²) in [6.45, 7) is 7.49. The van der Waals surface area contributed by atoms with E-state index in [4.69, 9.17) is 4.74 Å². The van der Waals surface area contributed by atoms with Crippen molar-refractivity contribution in [2.24, 2.45) is 0 Å². The van der Waals surface area contributed by atoms with Gasteiger partial charge in [-0.3, -0.25) is 9.36 Å². The standard InChI is InChI=1S/C23H24F4N4O3/c1-12(2)30-15(5)29-31(22(30)33)19-11-20(34-14(4)23(25,26)27)16(10-17(19)24)21(32)28-18-9-7-6-8-13(18)3/h6-12,14H,1-5H3,(H,28,32)/t14-/m0/s1. The van der Waals surface area contributed by atoms with Gasteiger partial charge in [-0.1, -0.05) is 18.2 Å². The van der Waals surface area contributed by atoms with Crippen molar-refractivity contribution in [1.29, 1.82) is 0 Å². The van der Waals surface area contributed by atoms with E-state index in [0.717, 1.165) is 23.7 Å². The topological polar surface area (TPSA) is 78.2 Å². The average molecular weight is 480 g/mol. The van der Waals surface area contributed by atoms with Gasteiger partial charge in [-0.05, 0) is 52.3 Å². The van der Waals surface area contributed by atoms with Gasteiger partial charge in [0.2, 0.25) is 0 Å². The molecule has 1 atom stereocenters. The quantitative estimate of drug-likeness (QED) is 0.507. The zero-order chi connectivity index (χ0) is 25.4. The third kappa shape index (κ3) is 4.97. The number of benzene rings is 2. The highest BCUT2D eigenvalue weighted by Gasteiger charge is 2.39. The number of carbonyl (C=O) groups is 1. The average Bonchev–Trinajstić information content (AvgIpc) is 3.03. The summed E-state index contributed by atoms with van der Waals surface area (Å²) in [6, 6.07) is 8.05. The van der Waals surface area contributed by atoms with Gasteiger partial charge in [0.15, 0.2) is 6.10 Å². The van der Waals surface area contributed by atoms with Crippen LogP contribution < -0.4 is 15.7 Å². The Bertz CT molecular complexity index is 1280. The lowest BCUT2D eigenvalue weighted by atomic mass is 10.1. The minimum Gasteiger partial charge on any atom is -0.480 e. The third-order valence-electron chi connectivity index (χ3n) is 5.18. The molecule has 0 unspecified atom stereocenters. The van der Waals surface area contributed by atoms with Crippen LogP contribution in [-0.4, -0.2) is 32.5 Å². The Morgan fingerprint density at radius 2 is 1.76 bits per heavy atom. The molecule has 0 aliphatic rings.